The van der Waals surface area contributed by atoms with Gasteiger partial charge in [-0.05, 0) is 42.3 Å². The fourth-order valence-corrected chi connectivity index (χ4v) is 2.87. The van der Waals surface area contributed by atoms with Crippen LogP contribution >= 0.6 is 0 Å². The van der Waals surface area contributed by atoms with Crippen LogP contribution in [0.2, 0.25) is 0 Å². The fourth-order valence-electron chi connectivity index (χ4n) is 2.87. The quantitative estimate of drug-likeness (QED) is 0.271. The maximum Gasteiger partial charge on any atom is 0.333 e. The second-order valence-electron chi connectivity index (χ2n) is 6.48. The number of para-hydroxylation sites is 1. The Bertz CT molecular complexity index is 1120. The lowest BCUT2D eigenvalue weighted by atomic mass is 9.99. The van der Waals surface area contributed by atoms with Gasteiger partial charge >= 0.3 is 5.97 Å². The van der Waals surface area contributed by atoms with Crippen LogP contribution in [-0.4, -0.2) is 30.3 Å². The van der Waals surface area contributed by atoms with Gasteiger partial charge in [0.1, 0.15) is 0 Å². The van der Waals surface area contributed by atoms with Crippen LogP contribution in [0.5, 0.6) is 0 Å². The summed E-state index contributed by atoms with van der Waals surface area (Å²) in [4.78, 5) is 29.2. The lowest BCUT2D eigenvalue weighted by Gasteiger charge is -2.12. The maximum absolute atomic E-state index is 13.0. The maximum atomic E-state index is 13.0. The third-order valence-electron chi connectivity index (χ3n) is 4.43. The van der Waals surface area contributed by atoms with Gasteiger partial charge in [-0.1, -0.05) is 43.0 Å². The van der Waals surface area contributed by atoms with Gasteiger partial charge in [0, 0.05) is 30.3 Å². The number of amides is 1. The number of methoxy groups -OCH3 is 1. The number of pyridine rings is 1. The molecule has 1 atom stereocenters. The van der Waals surface area contributed by atoms with Crippen molar-refractivity contribution in [2.45, 2.75) is 13.2 Å². The van der Waals surface area contributed by atoms with Crippen LogP contribution in [0.4, 0.5) is 5.69 Å². The summed E-state index contributed by atoms with van der Waals surface area (Å²) >= 11 is 0. The number of nitrogens with one attached hydrogen (secondary N) is 1. The number of hydrogen-bond donors (Lipinski definition) is 1. The van der Waals surface area contributed by atoms with E-state index in [0.29, 0.717) is 27.9 Å². The SMILES string of the molecule is C=C(/C=C/C(=O)OC(C)OC)c1ccccc1C(=O)Nc1cccc2cccnc12. The van der Waals surface area contributed by atoms with E-state index in [9.17, 15) is 9.59 Å². The van der Waals surface area contributed by atoms with Crippen molar-refractivity contribution < 1.29 is 19.1 Å². The zero-order valence-corrected chi connectivity index (χ0v) is 16.8. The summed E-state index contributed by atoms with van der Waals surface area (Å²) in [6.45, 7) is 5.59. The summed E-state index contributed by atoms with van der Waals surface area (Å²) in [5.74, 6) is -0.858. The van der Waals surface area contributed by atoms with E-state index in [1.165, 1.54) is 19.3 Å². The van der Waals surface area contributed by atoms with E-state index < -0.39 is 12.3 Å². The molecule has 0 saturated carbocycles. The first kappa shape index (κ1) is 21.0. The number of carbonyl (C=O) groups is 2. The molecule has 152 valence electrons. The van der Waals surface area contributed by atoms with E-state index in [2.05, 4.69) is 16.9 Å². The Morgan fingerprint density at radius 3 is 2.53 bits per heavy atom. The van der Waals surface area contributed by atoms with Gasteiger partial charge < -0.3 is 14.8 Å². The molecule has 0 spiro atoms. The van der Waals surface area contributed by atoms with Crippen LogP contribution in [-0.2, 0) is 14.3 Å². The van der Waals surface area contributed by atoms with E-state index >= 15 is 0 Å². The van der Waals surface area contributed by atoms with Crippen molar-refractivity contribution in [2.75, 3.05) is 12.4 Å². The van der Waals surface area contributed by atoms with Gasteiger partial charge in [-0.2, -0.15) is 0 Å². The number of benzene rings is 2. The number of aromatic nitrogens is 1. The van der Waals surface area contributed by atoms with Gasteiger partial charge in [0.2, 0.25) is 0 Å². The molecular weight excluding hydrogens is 380 g/mol. The topological polar surface area (TPSA) is 77.5 Å². The number of nitrogens with zero attached hydrogens (tertiary/aromatic N) is 1. The van der Waals surface area contributed by atoms with E-state index in [1.54, 1.807) is 43.5 Å². The minimum Gasteiger partial charge on any atom is -0.433 e. The number of fused-ring (bicyclic) bond motifs is 1. The molecule has 0 bridgehead atoms. The molecule has 3 aromatic rings. The summed E-state index contributed by atoms with van der Waals surface area (Å²) < 4.78 is 9.90. The molecule has 6 nitrogen and oxygen atoms in total. The molecule has 1 aromatic heterocycles. The molecule has 0 aliphatic rings. The number of esters is 1. The van der Waals surface area contributed by atoms with Crippen molar-refractivity contribution in [3.05, 3.63) is 90.7 Å². The third kappa shape index (κ3) is 4.98. The average Bonchev–Trinajstić information content (AvgIpc) is 2.77. The third-order valence-corrected chi connectivity index (χ3v) is 4.43. The van der Waals surface area contributed by atoms with Gasteiger partial charge in [0.05, 0.1) is 11.2 Å². The zero-order chi connectivity index (χ0) is 21.5. The smallest absolute Gasteiger partial charge is 0.333 e. The molecule has 0 fully saturated rings. The minimum absolute atomic E-state index is 0.297. The molecule has 0 aliphatic carbocycles. The molecule has 1 amide bonds. The largest absolute Gasteiger partial charge is 0.433 e. The normalized spacial score (nSPS) is 11.9. The van der Waals surface area contributed by atoms with E-state index in [0.717, 1.165) is 5.39 Å². The van der Waals surface area contributed by atoms with Crippen molar-refractivity contribution in [3.63, 3.8) is 0 Å². The van der Waals surface area contributed by atoms with Crippen LogP contribution in [0.25, 0.3) is 16.5 Å². The Morgan fingerprint density at radius 1 is 1.03 bits per heavy atom. The fraction of sp³-hybridized carbons (Fsp3) is 0.125. The molecule has 0 radical (unpaired) electrons. The summed E-state index contributed by atoms with van der Waals surface area (Å²) in [5, 5.41) is 3.85. The first-order valence-electron chi connectivity index (χ1n) is 9.34. The molecule has 0 saturated heterocycles. The molecule has 2 aromatic carbocycles. The van der Waals surface area contributed by atoms with E-state index in [1.807, 2.05) is 24.3 Å². The van der Waals surface area contributed by atoms with Crippen molar-refractivity contribution in [1.82, 2.24) is 4.98 Å². The first-order valence-corrected chi connectivity index (χ1v) is 9.34. The first-order chi connectivity index (χ1) is 14.5. The number of carbonyl (C=O) groups excluding carboxylic acids is 2. The Labute approximate surface area is 174 Å². The highest BCUT2D eigenvalue weighted by atomic mass is 16.7. The van der Waals surface area contributed by atoms with Crippen molar-refractivity contribution >= 4 is 34.0 Å². The minimum atomic E-state index is -0.650. The molecule has 0 aliphatic heterocycles. The standard InChI is InChI=1S/C24H22N2O4/c1-16(13-14-22(27)30-17(2)29-3)19-10-4-5-11-20(19)24(28)26-21-12-6-8-18-9-7-15-25-23(18)21/h4-15,17H,1H2,2-3H3,(H,26,28)/b14-13+. The molecule has 30 heavy (non-hydrogen) atoms. The number of allylic oxidation sites excluding steroid dienone is 2. The summed E-state index contributed by atoms with van der Waals surface area (Å²) in [6, 6.07) is 16.4. The highest BCUT2D eigenvalue weighted by Crippen LogP contribution is 2.24. The lowest BCUT2D eigenvalue weighted by molar-refractivity contribution is -0.163. The molecular formula is C24H22N2O4. The van der Waals surface area contributed by atoms with Crippen LogP contribution in [0.15, 0.2) is 79.5 Å². The van der Waals surface area contributed by atoms with Crippen molar-refractivity contribution in [1.29, 1.82) is 0 Å². The van der Waals surface area contributed by atoms with E-state index in [4.69, 9.17) is 9.47 Å². The molecule has 1 heterocycles. The van der Waals surface area contributed by atoms with Crippen molar-refractivity contribution in [3.8, 4) is 0 Å². The predicted octanol–water partition coefficient (Wildman–Crippen LogP) is 4.59. The second-order valence-corrected chi connectivity index (χ2v) is 6.48. The van der Waals surface area contributed by atoms with Crippen LogP contribution in [0.3, 0.4) is 0 Å². The number of rotatable bonds is 7. The molecule has 3 rings (SSSR count). The monoisotopic (exact) mass is 402 g/mol. The summed E-state index contributed by atoms with van der Waals surface area (Å²) in [6.07, 6.45) is 3.79. The van der Waals surface area contributed by atoms with Crippen molar-refractivity contribution in [2.24, 2.45) is 0 Å². The Hall–Kier alpha value is -3.77. The Balaban J connectivity index is 1.81. The van der Waals surface area contributed by atoms with E-state index in [-0.39, 0.29) is 5.91 Å². The number of anilines is 1. The highest BCUT2D eigenvalue weighted by Gasteiger charge is 2.14. The van der Waals surface area contributed by atoms with Crippen LogP contribution in [0.1, 0.15) is 22.8 Å². The van der Waals surface area contributed by atoms with Gasteiger partial charge in [-0.3, -0.25) is 9.78 Å². The lowest BCUT2D eigenvalue weighted by Crippen LogP contribution is -2.15. The average molecular weight is 402 g/mol. The summed E-state index contributed by atoms with van der Waals surface area (Å²) in [5.41, 5.74) is 2.86. The van der Waals surface area contributed by atoms with Gasteiger partial charge in [-0.15, -0.1) is 0 Å². The van der Waals surface area contributed by atoms with Gasteiger partial charge in [0.25, 0.3) is 5.91 Å². The van der Waals surface area contributed by atoms with Gasteiger partial charge in [-0.25, -0.2) is 4.79 Å². The zero-order valence-electron chi connectivity index (χ0n) is 16.8. The van der Waals surface area contributed by atoms with Gasteiger partial charge in [0.15, 0.2) is 6.29 Å². The second kappa shape index (κ2) is 9.62. The highest BCUT2D eigenvalue weighted by molar-refractivity contribution is 6.11. The Kier molecular flexibility index (Phi) is 6.72. The number of ether oxygens (including phenoxy) is 2. The Morgan fingerprint density at radius 2 is 1.77 bits per heavy atom. The van der Waals surface area contributed by atoms with Crippen LogP contribution in [0, 0.1) is 0 Å². The molecule has 1 N–H and O–H groups in total. The molecule has 6 heteroatoms. The predicted molar refractivity (Wildman–Crippen MR) is 117 cm³/mol. The number of hydrogen-bond acceptors (Lipinski definition) is 5. The summed E-state index contributed by atoms with van der Waals surface area (Å²) in [7, 11) is 1.45. The molecule has 1 unspecified atom stereocenters. The van der Waals surface area contributed by atoms with Crippen LogP contribution < -0.4 is 5.32 Å².